The predicted molar refractivity (Wildman–Crippen MR) is 57.5 cm³/mol. The molecule has 70 valence electrons. The molecule has 0 fully saturated rings. The summed E-state index contributed by atoms with van der Waals surface area (Å²) in [6.45, 7) is 3.55. The molecule has 4 heteroatoms. The van der Waals surface area contributed by atoms with Gasteiger partial charge in [0.05, 0.1) is 0 Å². The monoisotopic (exact) mass is 250 g/mol. The van der Waals surface area contributed by atoms with Crippen LogP contribution < -0.4 is 0 Å². The Hall–Kier alpha value is -1.42. The molecule has 0 aliphatic rings. The van der Waals surface area contributed by atoms with E-state index in [1.165, 1.54) is 6.08 Å². The van der Waals surface area contributed by atoms with Crippen LogP contribution in [0.1, 0.15) is 5.89 Å². The Labute approximate surface area is 89.6 Å². The SMILES string of the molecule is C=Cc1nc(-c2ccccc2Br)no1. The molecule has 0 radical (unpaired) electrons. The molecule has 0 aliphatic heterocycles. The van der Waals surface area contributed by atoms with Gasteiger partial charge in [-0.25, -0.2) is 0 Å². The lowest BCUT2D eigenvalue weighted by Gasteiger charge is -1.95. The molecule has 0 N–H and O–H groups in total. The number of hydrogen-bond donors (Lipinski definition) is 0. The summed E-state index contributed by atoms with van der Waals surface area (Å²) in [6.07, 6.45) is 1.52. The van der Waals surface area contributed by atoms with E-state index >= 15 is 0 Å². The highest BCUT2D eigenvalue weighted by molar-refractivity contribution is 9.10. The van der Waals surface area contributed by atoms with Gasteiger partial charge in [-0.1, -0.05) is 39.8 Å². The Morgan fingerprint density at radius 2 is 2.14 bits per heavy atom. The molecule has 1 heterocycles. The number of nitrogens with zero attached hydrogens (tertiary/aromatic N) is 2. The van der Waals surface area contributed by atoms with Crippen LogP contribution >= 0.6 is 15.9 Å². The maximum atomic E-state index is 4.92. The van der Waals surface area contributed by atoms with E-state index in [4.69, 9.17) is 4.52 Å². The second-order valence-electron chi connectivity index (χ2n) is 2.64. The minimum Gasteiger partial charge on any atom is -0.334 e. The highest BCUT2D eigenvalue weighted by Crippen LogP contribution is 2.25. The fourth-order valence-electron chi connectivity index (χ4n) is 1.07. The Morgan fingerprint density at radius 3 is 2.79 bits per heavy atom. The van der Waals surface area contributed by atoms with E-state index in [-0.39, 0.29) is 0 Å². The van der Waals surface area contributed by atoms with Gasteiger partial charge in [0.1, 0.15) is 0 Å². The summed E-state index contributed by atoms with van der Waals surface area (Å²) in [7, 11) is 0. The number of hydrogen-bond acceptors (Lipinski definition) is 3. The zero-order chi connectivity index (χ0) is 9.97. The van der Waals surface area contributed by atoms with Gasteiger partial charge in [0, 0.05) is 10.0 Å². The van der Waals surface area contributed by atoms with Crippen LogP contribution in [0, 0.1) is 0 Å². The van der Waals surface area contributed by atoms with E-state index in [1.54, 1.807) is 0 Å². The molecular weight excluding hydrogens is 244 g/mol. The molecule has 14 heavy (non-hydrogen) atoms. The maximum Gasteiger partial charge on any atom is 0.250 e. The second-order valence-corrected chi connectivity index (χ2v) is 3.49. The Kier molecular flexibility index (Phi) is 2.45. The quantitative estimate of drug-likeness (QED) is 0.822. The number of aromatic nitrogens is 2. The lowest BCUT2D eigenvalue weighted by Crippen LogP contribution is -1.81. The standard InChI is InChI=1S/C10H7BrN2O/c1-2-9-12-10(13-14-9)7-5-3-4-6-8(7)11/h2-6H,1H2. The van der Waals surface area contributed by atoms with Gasteiger partial charge in [0.2, 0.25) is 11.7 Å². The largest absolute Gasteiger partial charge is 0.334 e. The van der Waals surface area contributed by atoms with Gasteiger partial charge < -0.3 is 4.52 Å². The van der Waals surface area contributed by atoms with E-state index in [1.807, 2.05) is 24.3 Å². The molecule has 2 rings (SSSR count). The van der Waals surface area contributed by atoms with Crippen molar-refractivity contribution in [2.24, 2.45) is 0 Å². The molecule has 0 unspecified atom stereocenters. The van der Waals surface area contributed by atoms with E-state index < -0.39 is 0 Å². The molecule has 0 saturated carbocycles. The fraction of sp³-hybridized carbons (Fsp3) is 0. The highest BCUT2D eigenvalue weighted by Gasteiger charge is 2.08. The first-order valence-corrected chi connectivity index (χ1v) is 4.81. The topological polar surface area (TPSA) is 38.9 Å². The second kappa shape index (κ2) is 3.75. The summed E-state index contributed by atoms with van der Waals surface area (Å²) >= 11 is 3.42. The molecule has 0 atom stereocenters. The first-order chi connectivity index (χ1) is 6.81. The van der Waals surface area contributed by atoms with Crippen LogP contribution in [-0.4, -0.2) is 10.1 Å². The number of benzene rings is 1. The maximum absolute atomic E-state index is 4.92. The van der Waals surface area contributed by atoms with Crippen molar-refractivity contribution in [3.63, 3.8) is 0 Å². The smallest absolute Gasteiger partial charge is 0.250 e. The fourth-order valence-corrected chi connectivity index (χ4v) is 1.53. The van der Waals surface area contributed by atoms with Crippen molar-refractivity contribution in [1.29, 1.82) is 0 Å². The highest BCUT2D eigenvalue weighted by atomic mass is 79.9. The van der Waals surface area contributed by atoms with Gasteiger partial charge in [0.25, 0.3) is 0 Å². The van der Waals surface area contributed by atoms with Crippen LogP contribution in [0.5, 0.6) is 0 Å². The molecule has 0 bridgehead atoms. The third kappa shape index (κ3) is 1.61. The van der Waals surface area contributed by atoms with Crippen molar-refractivity contribution in [2.75, 3.05) is 0 Å². The number of halogens is 1. The average Bonchev–Trinajstić information content (AvgIpc) is 2.67. The molecule has 0 amide bonds. The van der Waals surface area contributed by atoms with Gasteiger partial charge >= 0.3 is 0 Å². The molecule has 2 aromatic rings. The van der Waals surface area contributed by atoms with E-state index in [9.17, 15) is 0 Å². The minimum atomic E-state index is 0.427. The van der Waals surface area contributed by atoms with Crippen molar-refractivity contribution in [2.45, 2.75) is 0 Å². The van der Waals surface area contributed by atoms with Crippen molar-refractivity contribution >= 4 is 22.0 Å². The molecular formula is C10H7BrN2O. The molecule has 0 saturated heterocycles. The normalized spacial score (nSPS) is 10.1. The first kappa shape index (κ1) is 9.15. The van der Waals surface area contributed by atoms with Gasteiger partial charge in [0.15, 0.2) is 0 Å². The van der Waals surface area contributed by atoms with E-state index in [0.717, 1.165) is 10.0 Å². The summed E-state index contributed by atoms with van der Waals surface area (Å²) in [5.74, 6) is 0.989. The van der Waals surface area contributed by atoms with Crippen molar-refractivity contribution in [3.8, 4) is 11.4 Å². The third-order valence-corrected chi connectivity index (χ3v) is 2.42. The van der Waals surface area contributed by atoms with Crippen LogP contribution in [0.25, 0.3) is 17.5 Å². The summed E-state index contributed by atoms with van der Waals surface area (Å²) in [4.78, 5) is 4.13. The number of rotatable bonds is 2. The van der Waals surface area contributed by atoms with Crippen LogP contribution in [0.4, 0.5) is 0 Å². The molecule has 1 aromatic heterocycles. The Balaban J connectivity index is 2.49. The van der Waals surface area contributed by atoms with Crippen molar-refractivity contribution in [3.05, 3.63) is 41.2 Å². The average molecular weight is 251 g/mol. The van der Waals surface area contributed by atoms with Crippen LogP contribution in [-0.2, 0) is 0 Å². The third-order valence-electron chi connectivity index (χ3n) is 1.73. The van der Waals surface area contributed by atoms with Gasteiger partial charge in [-0.15, -0.1) is 0 Å². The predicted octanol–water partition coefficient (Wildman–Crippen LogP) is 3.14. The summed E-state index contributed by atoms with van der Waals surface area (Å²) in [5.41, 5.74) is 0.907. The lowest BCUT2D eigenvalue weighted by atomic mass is 10.2. The minimum absolute atomic E-state index is 0.427. The van der Waals surface area contributed by atoms with E-state index in [0.29, 0.717) is 11.7 Å². The molecule has 1 aromatic carbocycles. The Bertz CT molecular complexity index is 465. The zero-order valence-electron chi connectivity index (χ0n) is 7.27. The zero-order valence-corrected chi connectivity index (χ0v) is 8.86. The lowest BCUT2D eigenvalue weighted by molar-refractivity contribution is 0.411. The van der Waals surface area contributed by atoms with Crippen molar-refractivity contribution in [1.82, 2.24) is 10.1 Å². The molecule has 0 spiro atoms. The Morgan fingerprint density at radius 1 is 1.36 bits per heavy atom. The summed E-state index contributed by atoms with van der Waals surface area (Å²) in [5, 5.41) is 3.83. The van der Waals surface area contributed by atoms with Crippen LogP contribution in [0.3, 0.4) is 0 Å². The summed E-state index contributed by atoms with van der Waals surface area (Å²) < 4.78 is 5.86. The van der Waals surface area contributed by atoms with Crippen LogP contribution in [0.2, 0.25) is 0 Å². The van der Waals surface area contributed by atoms with Gasteiger partial charge in [-0.2, -0.15) is 4.98 Å². The molecule has 3 nitrogen and oxygen atoms in total. The summed E-state index contributed by atoms with van der Waals surface area (Å²) in [6, 6.07) is 7.70. The first-order valence-electron chi connectivity index (χ1n) is 4.02. The van der Waals surface area contributed by atoms with Gasteiger partial charge in [-0.3, -0.25) is 0 Å². The van der Waals surface area contributed by atoms with Crippen molar-refractivity contribution < 1.29 is 4.52 Å². The van der Waals surface area contributed by atoms with Crippen LogP contribution in [0.15, 0.2) is 39.8 Å². The van der Waals surface area contributed by atoms with E-state index in [2.05, 4.69) is 32.6 Å². The molecule has 0 aliphatic carbocycles. The van der Waals surface area contributed by atoms with Gasteiger partial charge in [-0.05, 0) is 18.2 Å².